The number of aromatic nitrogens is 3. The Morgan fingerprint density at radius 3 is 2.70 bits per heavy atom. The maximum absolute atomic E-state index is 12.3. The second-order valence-electron chi connectivity index (χ2n) is 10.6. The molecule has 0 radical (unpaired) electrons. The summed E-state index contributed by atoms with van der Waals surface area (Å²) in [7, 11) is 0. The van der Waals surface area contributed by atoms with E-state index >= 15 is 0 Å². The zero-order valence-corrected chi connectivity index (χ0v) is 20.9. The lowest BCUT2D eigenvalue weighted by molar-refractivity contribution is -0.122. The molecular formula is C27H37N5O. The van der Waals surface area contributed by atoms with Crippen molar-refractivity contribution in [2.45, 2.75) is 78.8 Å². The van der Waals surface area contributed by atoms with Crippen LogP contribution in [0.15, 0.2) is 30.3 Å². The number of fused-ring (bicyclic) bond motifs is 1. The number of amides is 1. The molecule has 0 aliphatic carbocycles. The van der Waals surface area contributed by atoms with E-state index in [1.54, 1.807) is 0 Å². The Kier molecular flexibility index (Phi) is 6.57. The number of benzene rings is 1. The van der Waals surface area contributed by atoms with Crippen LogP contribution in [0.1, 0.15) is 73.3 Å². The molecule has 1 saturated heterocycles. The molecule has 1 N–H and O–H groups in total. The van der Waals surface area contributed by atoms with Crippen LogP contribution in [-0.2, 0) is 17.8 Å². The van der Waals surface area contributed by atoms with Crippen molar-refractivity contribution in [3.05, 3.63) is 64.1 Å². The van der Waals surface area contributed by atoms with Crippen LogP contribution in [0.2, 0.25) is 0 Å². The lowest BCUT2D eigenvalue weighted by atomic mass is 10.0. The van der Waals surface area contributed by atoms with Gasteiger partial charge in [0.1, 0.15) is 0 Å². The van der Waals surface area contributed by atoms with Crippen LogP contribution < -0.4 is 5.32 Å². The van der Waals surface area contributed by atoms with Crippen molar-refractivity contribution < 1.29 is 4.79 Å². The summed E-state index contributed by atoms with van der Waals surface area (Å²) >= 11 is 0. The average Bonchev–Trinajstić information content (AvgIpc) is 3.33. The maximum Gasteiger partial charge on any atom is 0.220 e. The molecule has 2 aromatic heterocycles. The molecule has 1 fully saturated rings. The minimum Gasteiger partial charge on any atom is -0.351 e. The van der Waals surface area contributed by atoms with E-state index in [0.29, 0.717) is 18.8 Å². The molecule has 0 bridgehead atoms. The van der Waals surface area contributed by atoms with Gasteiger partial charge in [-0.05, 0) is 72.1 Å². The summed E-state index contributed by atoms with van der Waals surface area (Å²) in [5.74, 6) is 0.499. The number of aryl methyl sites for hydroxylation is 3. The second-order valence-corrected chi connectivity index (χ2v) is 10.6. The van der Waals surface area contributed by atoms with E-state index in [1.165, 1.54) is 11.1 Å². The maximum atomic E-state index is 12.3. The number of rotatable bonds is 6. The van der Waals surface area contributed by atoms with Crippen molar-refractivity contribution in [1.29, 1.82) is 0 Å². The highest BCUT2D eigenvalue weighted by molar-refractivity contribution is 5.77. The first kappa shape index (κ1) is 23.4. The molecule has 176 valence electrons. The first-order chi connectivity index (χ1) is 15.6. The van der Waals surface area contributed by atoms with E-state index in [4.69, 9.17) is 10.1 Å². The third-order valence-electron chi connectivity index (χ3n) is 6.48. The van der Waals surface area contributed by atoms with Crippen LogP contribution in [-0.4, -0.2) is 44.0 Å². The summed E-state index contributed by atoms with van der Waals surface area (Å²) in [6, 6.07) is 10.9. The van der Waals surface area contributed by atoms with E-state index in [0.717, 1.165) is 54.3 Å². The van der Waals surface area contributed by atoms with Crippen LogP contribution in [0.5, 0.6) is 0 Å². The third kappa shape index (κ3) is 5.61. The molecule has 3 heterocycles. The van der Waals surface area contributed by atoms with E-state index in [2.05, 4.69) is 54.4 Å². The topological polar surface area (TPSA) is 62.5 Å². The molecule has 6 heteroatoms. The zero-order chi connectivity index (χ0) is 23.8. The van der Waals surface area contributed by atoms with E-state index in [1.807, 2.05) is 32.2 Å². The van der Waals surface area contributed by atoms with Crippen molar-refractivity contribution >= 4 is 11.6 Å². The van der Waals surface area contributed by atoms with Crippen LogP contribution in [0.25, 0.3) is 5.65 Å². The minimum atomic E-state index is -0.214. The Labute approximate surface area is 197 Å². The lowest BCUT2D eigenvalue weighted by Crippen LogP contribution is -2.40. The largest absolute Gasteiger partial charge is 0.351 e. The fraction of sp³-hybridized carbons (Fsp3) is 0.519. The predicted octanol–water partition coefficient (Wildman–Crippen LogP) is 4.49. The van der Waals surface area contributed by atoms with Crippen molar-refractivity contribution in [2.75, 3.05) is 13.1 Å². The Morgan fingerprint density at radius 1 is 1.18 bits per heavy atom. The standard InChI is InChI=1S/C27H37N5O/c1-18-8-7-9-21(14-18)16-31-13-12-22(17-31)24-15-25-28-19(2)23(20(3)32(25)30-24)10-11-26(33)29-27(4,5)6/h7-9,14-15,22H,10-13,16-17H2,1-6H3,(H,29,33). The Balaban J connectivity index is 1.47. The van der Waals surface area contributed by atoms with Gasteiger partial charge in [-0.1, -0.05) is 29.8 Å². The van der Waals surface area contributed by atoms with Gasteiger partial charge in [-0.25, -0.2) is 9.50 Å². The van der Waals surface area contributed by atoms with Gasteiger partial charge in [0.2, 0.25) is 5.91 Å². The Morgan fingerprint density at radius 2 is 1.97 bits per heavy atom. The van der Waals surface area contributed by atoms with Gasteiger partial charge >= 0.3 is 0 Å². The molecule has 3 aromatic rings. The number of likely N-dealkylation sites (tertiary alicyclic amines) is 1. The highest BCUT2D eigenvalue weighted by atomic mass is 16.1. The fourth-order valence-corrected chi connectivity index (χ4v) is 4.91. The quantitative estimate of drug-likeness (QED) is 0.605. The van der Waals surface area contributed by atoms with Gasteiger partial charge in [0.15, 0.2) is 5.65 Å². The summed E-state index contributed by atoms with van der Waals surface area (Å²) < 4.78 is 1.97. The van der Waals surface area contributed by atoms with Crippen molar-refractivity contribution in [3.8, 4) is 0 Å². The van der Waals surface area contributed by atoms with Gasteiger partial charge in [0, 0.05) is 48.4 Å². The van der Waals surface area contributed by atoms with E-state index in [-0.39, 0.29) is 11.4 Å². The molecule has 1 aromatic carbocycles. The second kappa shape index (κ2) is 9.26. The van der Waals surface area contributed by atoms with E-state index in [9.17, 15) is 4.79 Å². The molecule has 33 heavy (non-hydrogen) atoms. The molecule has 0 saturated carbocycles. The third-order valence-corrected chi connectivity index (χ3v) is 6.48. The molecule has 0 spiro atoms. The van der Waals surface area contributed by atoms with Gasteiger partial charge < -0.3 is 5.32 Å². The molecule has 1 unspecified atom stereocenters. The van der Waals surface area contributed by atoms with Gasteiger partial charge in [-0.15, -0.1) is 0 Å². The van der Waals surface area contributed by atoms with Crippen LogP contribution in [0.3, 0.4) is 0 Å². The summed E-state index contributed by atoms with van der Waals surface area (Å²) in [6.07, 6.45) is 2.25. The van der Waals surface area contributed by atoms with Crippen LogP contribution in [0, 0.1) is 20.8 Å². The van der Waals surface area contributed by atoms with Gasteiger partial charge in [-0.3, -0.25) is 9.69 Å². The van der Waals surface area contributed by atoms with Crippen LogP contribution >= 0.6 is 0 Å². The number of nitrogens with zero attached hydrogens (tertiary/aromatic N) is 4. The molecule has 4 rings (SSSR count). The highest BCUT2D eigenvalue weighted by Gasteiger charge is 2.27. The zero-order valence-electron chi connectivity index (χ0n) is 20.9. The summed E-state index contributed by atoms with van der Waals surface area (Å²) in [5, 5.41) is 8.01. The van der Waals surface area contributed by atoms with Gasteiger partial charge in [-0.2, -0.15) is 5.10 Å². The van der Waals surface area contributed by atoms with Crippen molar-refractivity contribution in [2.24, 2.45) is 0 Å². The summed E-state index contributed by atoms with van der Waals surface area (Å²) in [6.45, 7) is 15.4. The smallest absolute Gasteiger partial charge is 0.220 e. The summed E-state index contributed by atoms with van der Waals surface area (Å²) in [5.41, 5.74) is 7.69. The number of carbonyl (C=O) groups is 1. The number of hydrogen-bond acceptors (Lipinski definition) is 4. The molecule has 1 aliphatic rings. The number of hydrogen-bond donors (Lipinski definition) is 1. The van der Waals surface area contributed by atoms with Crippen LogP contribution in [0.4, 0.5) is 0 Å². The SMILES string of the molecule is Cc1cccc(CN2CCC(c3cc4nc(C)c(CCC(=O)NC(C)(C)C)c(C)n4n3)C2)c1. The molecule has 6 nitrogen and oxygen atoms in total. The molecule has 1 aliphatic heterocycles. The Bertz CT molecular complexity index is 1160. The number of nitrogens with one attached hydrogen (secondary N) is 1. The predicted molar refractivity (Wildman–Crippen MR) is 132 cm³/mol. The monoisotopic (exact) mass is 447 g/mol. The van der Waals surface area contributed by atoms with E-state index < -0.39 is 0 Å². The molecule has 1 atom stereocenters. The fourth-order valence-electron chi connectivity index (χ4n) is 4.91. The summed E-state index contributed by atoms with van der Waals surface area (Å²) in [4.78, 5) is 19.7. The number of carbonyl (C=O) groups excluding carboxylic acids is 1. The van der Waals surface area contributed by atoms with Gasteiger partial charge in [0.25, 0.3) is 0 Å². The minimum absolute atomic E-state index is 0.0715. The average molecular weight is 448 g/mol. The first-order valence-corrected chi connectivity index (χ1v) is 12.0. The molecular weight excluding hydrogens is 410 g/mol. The first-order valence-electron chi connectivity index (χ1n) is 12.0. The highest BCUT2D eigenvalue weighted by Crippen LogP contribution is 2.29. The lowest BCUT2D eigenvalue weighted by Gasteiger charge is -2.20. The molecule has 1 amide bonds. The van der Waals surface area contributed by atoms with Gasteiger partial charge in [0.05, 0.1) is 5.69 Å². The van der Waals surface area contributed by atoms with Crippen molar-refractivity contribution in [3.63, 3.8) is 0 Å². The normalized spacial score (nSPS) is 17.1. The van der Waals surface area contributed by atoms with Crippen molar-refractivity contribution in [1.82, 2.24) is 24.8 Å². The Hall–Kier alpha value is -2.73.